The fourth-order valence-corrected chi connectivity index (χ4v) is 1.50. The molecule has 0 spiro atoms. The van der Waals surface area contributed by atoms with Crippen molar-refractivity contribution >= 4 is 18.1 Å². The Kier molecular flexibility index (Phi) is 4.43. The molecular weight excluding hydrogens is 256 g/mol. The normalized spacial score (nSPS) is 10.6. The van der Waals surface area contributed by atoms with E-state index in [9.17, 15) is 0 Å². The molecule has 0 saturated carbocycles. The number of nitrogens with zero attached hydrogens (tertiary/aromatic N) is 4. The molecule has 1 heterocycles. The number of aromatic nitrogens is 3. The van der Waals surface area contributed by atoms with Crippen molar-refractivity contribution in [1.82, 2.24) is 15.0 Å². The summed E-state index contributed by atoms with van der Waals surface area (Å²) in [6.45, 7) is 1.79. The van der Waals surface area contributed by atoms with Crippen molar-refractivity contribution in [3.63, 3.8) is 0 Å². The Hall–Kier alpha value is -2.70. The van der Waals surface area contributed by atoms with Crippen LogP contribution in [0.25, 0.3) is 0 Å². The highest BCUT2D eigenvalue weighted by molar-refractivity contribution is 5.80. The lowest BCUT2D eigenvalue weighted by atomic mass is 10.2. The van der Waals surface area contributed by atoms with Gasteiger partial charge in [0, 0.05) is 7.05 Å². The fraction of sp³-hybridized carbons (Fsp3) is 0.231. The number of hydrogen-bond donors (Lipinski definition) is 2. The topological polar surface area (TPSA) is 84.3 Å². The molecule has 0 aliphatic heterocycles. The first-order valence-corrected chi connectivity index (χ1v) is 6.05. The number of hydrogen-bond acceptors (Lipinski definition) is 7. The second-order valence-corrected chi connectivity index (χ2v) is 3.92. The van der Waals surface area contributed by atoms with Crippen LogP contribution in [0.4, 0.5) is 11.9 Å². The first kappa shape index (κ1) is 13.7. The minimum atomic E-state index is 0.395. The second-order valence-electron chi connectivity index (χ2n) is 3.92. The van der Waals surface area contributed by atoms with Crippen molar-refractivity contribution in [3.05, 3.63) is 35.7 Å². The lowest BCUT2D eigenvalue weighted by Crippen LogP contribution is -2.05. The third-order valence-corrected chi connectivity index (χ3v) is 2.46. The van der Waals surface area contributed by atoms with Gasteiger partial charge in [-0.3, -0.25) is 0 Å². The number of rotatable bonds is 5. The molecule has 0 radical (unpaired) electrons. The Labute approximate surface area is 117 Å². The summed E-state index contributed by atoms with van der Waals surface area (Å²) in [7, 11) is 3.38. The van der Waals surface area contributed by atoms with E-state index in [1.54, 1.807) is 27.3 Å². The monoisotopic (exact) mass is 272 g/mol. The molecule has 20 heavy (non-hydrogen) atoms. The van der Waals surface area contributed by atoms with Crippen LogP contribution in [0, 0.1) is 6.92 Å². The zero-order valence-electron chi connectivity index (χ0n) is 11.6. The van der Waals surface area contributed by atoms with Crippen LogP contribution in [0.5, 0.6) is 5.75 Å². The lowest BCUT2D eigenvalue weighted by Gasteiger charge is -2.03. The number of nitrogens with one attached hydrogen (secondary N) is 2. The average molecular weight is 272 g/mol. The molecule has 7 heteroatoms. The predicted octanol–water partition coefficient (Wildman–Crippen LogP) is 1.68. The summed E-state index contributed by atoms with van der Waals surface area (Å²) in [6, 6.07) is 7.55. The van der Waals surface area contributed by atoms with E-state index in [1.165, 1.54) is 0 Å². The van der Waals surface area contributed by atoms with Gasteiger partial charge in [0.1, 0.15) is 11.6 Å². The Morgan fingerprint density at radius 1 is 1.10 bits per heavy atom. The number of methoxy groups -OCH3 is 1. The largest absolute Gasteiger partial charge is 0.497 e. The molecule has 0 saturated heterocycles. The molecule has 1 aromatic carbocycles. The van der Waals surface area contributed by atoms with Gasteiger partial charge >= 0.3 is 0 Å². The van der Waals surface area contributed by atoms with E-state index in [2.05, 4.69) is 30.8 Å². The van der Waals surface area contributed by atoms with Gasteiger partial charge in [-0.15, -0.1) is 0 Å². The highest BCUT2D eigenvalue weighted by Crippen LogP contribution is 2.10. The van der Waals surface area contributed by atoms with Gasteiger partial charge in [0.05, 0.1) is 13.3 Å². The van der Waals surface area contributed by atoms with E-state index in [1.807, 2.05) is 24.3 Å². The van der Waals surface area contributed by atoms with Crippen molar-refractivity contribution in [1.29, 1.82) is 0 Å². The maximum atomic E-state index is 5.09. The molecule has 0 atom stereocenters. The number of aryl methyl sites for hydroxylation is 1. The SMILES string of the molecule is CNc1nc(C)nc(N/N=C/c2ccc(OC)cc2)n1. The summed E-state index contributed by atoms with van der Waals surface area (Å²) in [5.41, 5.74) is 3.72. The van der Waals surface area contributed by atoms with Gasteiger partial charge in [0.15, 0.2) is 0 Å². The van der Waals surface area contributed by atoms with Crippen LogP contribution in [0.1, 0.15) is 11.4 Å². The average Bonchev–Trinajstić information content (AvgIpc) is 2.47. The van der Waals surface area contributed by atoms with Crippen LogP contribution in [0.2, 0.25) is 0 Å². The fourth-order valence-electron chi connectivity index (χ4n) is 1.50. The van der Waals surface area contributed by atoms with Gasteiger partial charge in [-0.1, -0.05) is 0 Å². The number of anilines is 2. The van der Waals surface area contributed by atoms with Gasteiger partial charge in [0.25, 0.3) is 0 Å². The van der Waals surface area contributed by atoms with Crippen molar-refractivity contribution in [2.75, 3.05) is 24.9 Å². The molecule has 1 aromatic heterocycles. The van der Waals surface area contributed by atoms with E-state index < -0.39 is 0 Å². The van der Waals surface area contributed by atoms with Gasteiger partial charge in [-0.25, -0.2) is 5.43 Å². The summed E-state index contributed by atoms with van der Waals surface area (Å²) < 4.78 is 5.09. The molecule has 0 aliphatic carbocycles. The molecule has 104 valence electrons. The molecule has 0 aliphatic rings. The van der Waals surface area contributed by atoms with Crippen LogP contribution >= 0.6 is 0 Å². The maximum absolute atomic E-state index is 5.09. The number of ether oxygens (including phenoxy) is 1. The highest BCUT2D eigenvalue weighted by Gasteiger charge is 2.00. The van der Waals surface area contributed by atoms with Crippen LogP contribution in [0.3, 0.4) is 0 Å². The molecule has 2 N–H and O–H groups in total. The highest BCUT2D eigenvalue weighted by atomic mass is 16.5. The zero-order valence-corrected chi connectivity index (χ0v) is 11.6. The molecule has 7 nitrogen and oxygen atoms in total. The van der Waals surface area contributed by atoms with Crippen molar-refractivity contribution < 1.29 is 4.74 Å². The quantitative estimate of drug-likeness (QED) is 0.636. The minimum Gasteiger partial charge on any atom is -0.497 e. The van der Waals surface area contributed by atoms with Crippen LogP contribution in [-0.4, -0.2) is 35.3 Å². The molecule has 0 bridgehead atoms. The molecule has 0 fully saturated rings. The third kappa shape index (κ3) is 3.64. The number of hydrazone groups is 1. The van der Waals surface area contributed by atoms with Gasteiger partial charge in [-0.2, -0.15) is 20.1 Å². The van der Waals surface area contributed by atoms with Crippen LogP contribution < -0.4 is 15.5 Å². The molecule has 2 rings (SSSR count). The second kappa shape index (κ2) is 6.46. The van der Waals surface area contributed by atoms with E-state index in [0.717, 1.165) is 11.3 Å². The smallest absolute Gasteiger partial charge is 0.248 e. The van der Waals surface area contributed by atoms with E-state index in [0.29, 0.717) is 17.7 Å². The summed E-state index contributed by atoms with van der Waals surface area (Å²) in [5.74, 6) is 2.32. The summed E-state index contributed by atoms with van der Waals surface area (Å²) in [5, 5.41) is 6.95. The Balaban J connectivity index is 2.03. The van der Waals surface area contributed by atoms with Gasteiger partial charge in [-0.05, 0) is 36.8 Å². The van der Waals surface area contributed by atoms with Crippen molar-refractivity contribution in [3.8, 4) is 5.75 Å². The zero-order chi connectivity index (χ0) is 14.4. The van der Waals surface area contributed by atoms with Gasteiger partial charge in [0.2, 0.25) is 11.9 Å². The molecule has 2 aromatic rings. The Morgan fingerprint density at radius 2 is 1.80 bits per heavy atom. The summed E-state index contributed by atoms with van der Waals surface area (Å²) in [6.07, 6.45) is 1.68. The third-order valence-electron chi connectivity index (χ3n) is 2.46. The first-order valence-electron chi connectivity index (χ1n) is 6.05. The van der Waals surface area contributed by atoms with E-state index in [-0.39, 0.29) is 0 Å². The van der Waals surface area contributed by atoms with E-state index in [4.69, 9.17) is 4.74 Å². The Morgan fingerprint density at radius 3 is 2.45 bits per heavy atom. The first-order chi connectivity index (χ1) is 9.71. The standard InChI is InChI=1S/C13H16N6O/c1-9-16-12(14-2)18-13(17-9)19-15-8-10-4-6-11(20-3)7-5-10/h4-8H,1-3H3,(H2,14,16,17,18,19)/b15-8+. The molecule has 0 amide bonds. The van der Waals surface area contributed by atoms with Gasteiger partial charge < -0.3 is 10.1 Å². The molecular formula is C13H16N6O. The maximum Gasteiger partial charge on any atom is 0.248 e. The van der Waals surface area contributed by atoms with Crippen molar-refractivity contribution in [2.45, 2.75) is 6.92 Å². The lowest BCUT2D eigenvalue weighted by molar-refractivity contribution is 0.415. The summed E-state index contributed by atoms with van der Waals surface area (Å²) in [4.78, 5) is 12.4. The summed E-state index contributed by atoms with van der Waals surface area (Å²) >= 11 is 0. The molecule has 0 unspecified atom stereocenters. The number of benzene rings is 1. The van der Waals surface area contributed by atoms with Crippen LogP contribution in [0.15, 0.2) is 29.4 Å². The Bertz CT molecular complexity index is 596. The van der Waals surface area contributed by atoms with E-state index >= 15 is 0 Å². The minimum absolute atomic E-state index is 0.395. The van der Waals surface area contributed by atoms with Crippen LogP contribution in [-0.2, 0) is 0 Å². The van der Waals surface area contributed by atoms with Crippen molar-refractivity contribution in [2.24, 2.45) is 5.10 Å². The predicted molar refractivity (Wildman–Crippen MR) is 78.3 cm³/mol.